The fraction of sp³-hybridized carbons (Fsp3) is 0.304. The van der Waals surface area contributed by atoms with E-state index in [9.17, 15) is 10.1 Å². The zero-order valence-electron chi connectivity index (χ0n) is 15.5. The highest BCUT2D eigenvalue weighted by Crippen LogP contribution is 2.50. The lowest BCUT2D eigenvalue weighted by Gasteiger charge is -2.46. The number of unbranched alkanes of at least 4 members (excludes halogenated alkanes) is 1. The van der Waals surface area contributed by atoms with Crippen LogP contribution < -0.4 is 10.4 Å². The van der Waals surface area contributed by atoms with E-state index in [1.165, 1.54) is 0 Å². The standard InChI is InChI=1S/C23H19NO4/c1-2-3-10-23-12-15-11-14(13-24)8-9-16(15)20(27-23)19-21(28-23)17-6-4-5-7-18(17)26-22(19)25/h4-9,11,20H,2-3,10,12H2,1H3/t20?,23-/m0/s1. The number of benzene rings is 2. The molecule has 0 aliphatic carbocycles. The molecule has 5 rings (SSSR count). The van der Waals surface area contributed by atoms with E-state index in [-0.39, 0.29) is 0 Å². The lowest BCUT2D eigenvalue weighted by Crippen LogP contribution is -2.50. The fourth-order valence-corrected chi connectivity index (χ4v) is 4.27. The lowest BCUT2D eigenvalue weighted by atomic mass is 9.84. The van der Waals surface area contributed by atoms with E-state index in [0.29, 0.717) is 35.3 Å². The molecule has 5 heteroatoms. The molecule has 0 amide bonds. The van der Waals surface area contributed by atoms with Crippen LogP contribution in [0.15, 0.2) is 51.7 Å². The molecular weight excluding hydrogens is 354 g/mol. The summed E-state index contributed by atoms with van der Waals surface area (Å²) in [6.07, 6.45) is 2.65. The van der Waals surface area contributed by atoms with Gasteiger partial charge in [0, 0.05) is 12.8 Å². The molecule has 1 unspecified atom stereocenters. The van der Waals surface area contributed by atoms with E-state index in [1.807, 2.05) is 30.3 Å². The summed E-state index contributed by atoms with van der Waals surface area (Å²) in [4.78, 5) is 12.9. The summed E-state index contributed by atoms with van der Waals surface area (Å²) in [5.41, 5.74) is 2.95. The third kappa shape index (κ3) is 2.45. The summed E-state index contributed by atoms with van der Waals surface area (Å²) < 4.78 is 18.4. The van der Waals surface area contributed by atoms with Crippen molar-refractivity contribution in [3.63, 3.8) is 0 Å². The second kappa shape index (κ2) is 6.22. The number of nitrogens with zero attached hydrogens (tertiary/aromatic N) is 1. The van der Waals surface area contributed by atoms with Gasteiger partial charge in [-0.3, -0.25) is 0 Å². The molecule has 2 bridgehead atoms. The predicted octanol–water partition coefficient (Wildman–Crippen LogP) is 4.61. The van der Waals surface area contributed by atoms with Gasteiger partial charge in [-0.15, -0.1) is 0 Å². The molecule has 0 saturated heterocycles. The second-order valence-corrected chi connectivity index (χ2v) is 7.44. The first-order chi connectivity index (χ1) is 13.6. The first kappa shape index (κ1) is 17.0. The summed E-state index contributed by atoms with van der Waals surface area (Å²) in [5, 5.41) is 10.1. The van der Waals surface area contributed by atoms with Crippen LogP contribution in [0.25, 0.3) is 11.0 Å². The average molecular weight is 373 g/mol. The zero-order chi connectivity index (χ0) is 19.3. The fourth-order valence-electron chi connectivity index (χ4n) is 4.27. The maximum Gasteiger partial charge on any atom is 0.346 e. The van der Waals surface area contributed by atoms with Crippen molar-refractivity contribution in [2.24, 2.45) is 0 Å². The van der Waals surface area contributed by atoms with Crippen LogP contribution in [0.5, 0.6) is 5.75 Å². The van der Waals surface area contributed by atoms with Crippen molar-refractivity contribution in [1.29, 1.82) is 5.26 Å². The molecule has 1 aromatic heterocycles. The molecule has 3 heterocycles. The first-order valence-corrected chi connectivity index (χ1v) is 9.59. The Bertz CT molecular complexity index is 1190. The van der Waals surface area contributed by atoms with E-state index in [0.717, 1.165) is 29.4 Å². The Morgan fingerprint density at radius 1 is 1.25 bits per heavy atom. The van der Waals surface area contributed by atoms with Gasteiger partial charge in [0.05, 0.1) is 17.0 Å². The zero-order valence-corrected chi connectivity index (χ0v) is 15.5. The number of para-hydroxylation sites is 1. The Balaban J connectivity index is 1.79. The van der Waals surface area contributed by atoms with Gasteiger partial charge < -0.3 is 13.9 Å². The van der Waals surface area contributed by atoms with E-state index < -0.39 is 17.5 Å². The van der Waals surface area contributed by atoms with Gasteiger partial charge in [-0.25, -0.2) is 4.79 Å². The van der Waals surface area contributed by atoms with Gasteiger partial charge in [-0.1, -0.05) is 31.5 Å². The summed E-state index contributed by atoms with van der Waals surface area (Å²) in [7, 11) is 0. The second-order valence-electron chi connectivity index (χ2n) is 7.44. The van der Waals surface area contributed by atoms with E-state index in [4.69, 9.17) is 13.9 Å². The summed E-state index contributed by atoms with van der Waals surface area (Å²) in [5.74, 6) is -0.278. The molecule has 0 saturated carbocycles. The van der Waals surface area contributed by atoms with Crippen molar-refractivity contribution < 1.29 is 13.9 Å². The minimum absolute atomic E-state index is 0.400. The Morgan fingerprint density at radius 2 is 2.11 bits per heavy atom. The van der Waals surface area contributed by atoms with Gasteiger partial charge >= 0.3 is 5.63 Å². The quantitative estimate of drug-likeness (QED) is 0.627. The van der Waals surface area contributed by atoms with Crippen molar-refractivity contribution in [1.82, 2.24) is 0 Å². The van der Waals surface area contributed by atoms with Gasteiger partial charge in [0.25, 0.3) is 0 Å². The van der Waals surface area contributed by atoms with Gasteiger partial charge in [-0.05, 0) is 41.8 Å². The lowest BCUT2D eigenvalue weighted by molar-refractivity contribution is -0.232. The van der Waals surface area contributed by atoms with E-state index in [1.54, 1.807) is 12.1 Å². The number of fused-ring (bicyclic) bond motifs is 8. The number of hydrogen-bond donors (Lipinski definition) is 0. The smallest absolute Gasteiger partial charge is 0.346 e. The maximum atomic E-state index is 12.9. The van der Waals surface area contributed by atoms with Crippen LogP contribution >= 0.6 is 0 Å². The van der Waals surface area contributed by atoms with Crippen LogP contribution in [0.4, 0.5) is 0 Å². The SMILES string of the molecule is CCCC[C@]12Cc3cc(C#N)ccc3C(O1)c1c(c3ccccc3oc1=O)O2. The molecule has 0 spiro atoms. The van der Waals surface area contributed by atoms with Gasteiger partial charge in [-0.2, -0.15) is 5.26 Å². The molecule has 0 radical (unpaired) electrons. The molecule has 2 aliphatic heterocycles. The Hall–Kier alpha value is -3.10. The topological polar surface area (TPSA) is 72.5 Å². The molecule has 3 aromatic rings. The largest absolute Gasteiger partial charge is 0.461 e. The van der Waals surface area contributed by atoms with Gasteiger partial charge in [0.1, 0.15) is 23.0 Å². The average Bonchev–Trinajstić information content (AvgIpc) is 2.71. The van der Waals surface area contributed by atoms with Crippen LogP contribution in [0.3, 0.4) is 0 Å². The summed E-state index contributed by atoms with van der Waals surface area (Å²) >= 11 is 0. The third-order valence-corrected chi connectivity index (χ3v) is 5.61. The highest BCUT2D eigenvalue weighted by Gasteiger charge is 2.49. The van der Waals surface area contributed by atoms with Crippen molar-refractivity contribution in [2.75, 3.05) is 0 Å². The maximum absolute atomic E-state index is 12.9. The van der Waals surface area contributed by atoms with Crippen molar-refractivity contribution >= 4 is 11.0 Å². The van der Waals surface area contributed by atoms with Crippen LogP contribution in [0, 0.1) is 11.3 Å². The molecular formula is C23H19NO4. The van der Waals surface area contributed by atoms with Crippen molar-refractivity contribution in [3.8, 4) is 11.8 Å². The minimum Gasteiger partial charge on any atom is -0.461 e. The highest BCUT2D eigenvalue weighted by atomic mass is 16.7. The normalized spacial score (nSPS) is 22.1. The Labute approximate surface area is 162 Å². The van der Waals surface area contributed by atoms with Crippen LogP contribution in [0.2, 0.25) is 0 Å². The highest BCUT2D eigenvalue weighted by molar-refractivity contribution is 5.85. The summed E-state index contributed by atoms with van der Waals surface area (Å²) in [6, 6.07) is 15.1. The third-order valence-electron chi connectivity index (χ3n) is 5.61. The number of hydrogen-bond acceptors (Lipinski definition) is 5. The molecule has 0 fully saturated rings. The molecule has 2 aromatic carbocycles. The minimum atomic E-state index is -0.842. The van der Waals surface area contributed by atoms with E-state index >= 15 is 0 Å². The summed E-state index contributed by atoms with van der Waals surface area (Å²) in [6.45, 7) is 2.12. The predicted molar refractivity (Wildman–Crippen MR) is 103 cm³/mol. The monoisotopic (exact) mass is 373 g/mol. The number of rotatable bonds is 3. The molecule has 2 aliphatic rings. The van der Waals surface area contributed by atoms with E-state index in [2.05, 4.69) is 13.0 Å². The number of ether oxygens (including phenoxy) is 2. The molecule has 2 atom stereocenters. The first-order valence-electron chi connectivity index (χ1n) is 9.59. The van der Waals surface area contributed by atoms with Crippen molar-refractivity contribution in [2.45, 2.75) is 44.5 Å². The number of nitriles is 1. The molecule has 28 heavy (non-hydrogen) atoms. The van der Waals surface area contributed by atoms with Crippen LogP contribution in [-0.4, -0.2) is 5.79 Å². The van der Waals surface area contributed by atoms with Gasteiger partial charge in [0.15, 0.2) is 0 Å². The Kier molecular flexibility index (Phi) is 3.78. The Morgan fingerprint density at radius 3 is 2.93 bits per heavy atom. The molecule has 140 valence electrons. The van der Waals surface area contributed by atoms with Gasteiger partial charge in [0.2, 0.25) is 5.79 Å². The van der Waals surface area contributed by atoms with Crippen LogP contribution in [-0.2, 0) is 11.2 Å². The van der Waals surface area contributed by atoms with Crippen molar-refractivity contribution in [3.05, 3.63) is 75.1 Å². The van der Waals surface area contributed by atoms with Crippen LogP contribution in [0.1, 0.15) is 54.5 Å². The molecule has 5 nitrogen and oxygen atoms in total. The molecule has 0 N–H and O–H groups in total.